The molecule has 1 aromatic carbocycles. The molecule has 0 spiro atoms. The van der Waals surface area contributed by atoms with E-state index in [1.165, 1.54) is 0 Å². The summed E-state index contributed by atoms with van der Waals surface area (Å²) in [5.41, 5.74) is 1.93. The summed E-state index contributed by atoms with van der Waals surface area (Å²) in [7, 11) is 0. The van der Waals surface area contributed by atoms with E-state index in [1.54, 1.807) is 9.58 Å². The Morgan fingerprint density at radius 1 is 1.15 bits per heavy atom. The molecule has 1 aromatic heterocycles. The normalized spacial score (nSPS) is 12.2. The summed E-state index contributed by atoms with van der Waals surface area (Å²) in [5.74, 6) is 0.825. The monoisotopic (exact) mass is 474 g/mol. The van der Waals surface area contributed by atoms with Crippen LogP contribution in [0.3, 0.4) is 0 Å². The SMILES string of the molecule is Cc1cccc(-n2nc(C(C)(C)C)cc2NC(=O)CN(CCC(C)C)C(=O)C(C)(C)CCl)c1. The molecule has 33 heavy (non-hydrogen) atoms. The van der Waals surface area contributed by atoms with Crippen LogP contribution in [-0.4, -0.2) is 45.5 Å². The number of alkyl halides is 1. The Bertz CT molecular complexity index is 973. The second-order valence-electron chi connectivity index (χ2n) is 10.9. The van der Waals surface area contributed by atoms with Crippen molar-refractivity contribution < 1.29 is 9.59 Å². The van der Waals surface area contributed by atoms with Crippen LogP contribution in [0.4, 0.5) is 5.82 Å². The standard InChI is InChI=1S/C26H39ClN4O2/c1-18(2)12-13-30(24(33)26(7,8)17-27)16-23(32)28-22-15-21(25(4,5)6)29-31(22)20-11-9-10-19(3)14-20/h9-11,14-15,18H,12-13,16-17H2,1-8H3,(H,28,32). The van der Waals surface area contributed by atoms with Crippen molar-refractivity contribution in [3.05, 3.63) is 41.6 Å². The van der Waals surface area contributed by atoms with Gasteiger partial charge in [-0.05, 0) is 50.8 Å². The summed E-state index contributed by atoms with van der Waals surface area (Å²) in [5, 5.41) is 7.77. The van der Waals surface area contributed by atoms with Gasteiger partial charge in [-0.25, -0.2) is 4.68 Å². The highest BCUT2D eigenvalue weighted by Gasteiger charge is 2.32. The van der Waals surface area contributed by atoms with Crippen LogP contribution in [-0.2, 0) is 15.0 Å². The van der Waals surface area contributed by atoms with Gasteiger partial charge in [0.25, 0.3) is 0 Å². The molecular formula is C26H39ClN4O2. The molecule has 0 unspecified atom stereocenters. The number of carbonyl (C=O) groups is 2. The number of anilines is 1. The average molecular weight is 475 g/mol. The highest BCUT2D eigenvalue weighted by Crippen LogP contribution is 2.27. The summed E-state index contributed by atoms with van der Waals surface area (Å²) in [6.45, 7) is 16.6. The van der Waals surface area contributed by atoms with Gasteiger partial charge in [0.15, 0.2) is 0 Å². The molecule has 0 bridgehead atoms. The smallest absolute Gasteiger partial charge is 0.245 e. The van der Waals surface area contributed by atoms with Crippen LogP contribution in [0.2, 0.25) is 0 Å². The maximum atomic E-state index is 13.1. The number of aromatic nitrogens is 2. The minimum absolute atomic E-state index is 0.0320. The van der Waals surface area contributed by atoms with E-state index >= 15 is 0 Å². The van der Waals surface area contributed by atoms with Crippen LogP contribution in [0.15, 0.2) is 30.3 Å². The van der Waals surface area contributed by atoms with Crippen molar-refractivity contribution in [1.82, 2.24) is 14.7 Å². The maximum Gasteiger partial charge on any atom is 0.245 e. The molecule has 1 heterocycles. The van der Waals surface area contributed by atoms with E-state index in [0.29, 0.717) is 18.3 Å². The van der Waals surface area contributed by atoms with Gasteiger partial charge in [0, 0.05) is 23.9 Å². The summed E-state index contributed by atoms with van der Waals surface area (Å²) in [6.07, 6.45) is 0.812. The van der Waals surface area contributed by atoms with Gasteiger partial charge < -0.3 is 10.2 Å². The molecule has 0 aliphatic heterocycles. The molecular weight excluding hydrogens is 436 g/mol. The fourth-order valence-corrected chi connectivity index (χ4v) is 3.41. The number of halogens is 1. The highest BCUT2D eigenvalue weighted by molar-refractivity contribution is 6.19. The van der Waals surface area contributed by atoms with Gasteiger partial charge in [-0.2, -0.15) is 5.10 Å². The van der Waals surface area contributed by atoms with Crippen molar-refractivity contribution in [3.8, 4) is 5.69 Å². The Morgan fingerprint density at radius 3 is 2.36 bits per heavy atom. The molecule has 0 atom stereocenters. The Labute approximate surface area is 203 Å². The van der Waals surface area contributed by atoms with Gasteiger partial charge in [0.1, 0.15) is 5.82 Å². The number of hydrogen-bond acceptors (Lipinski definition) is 3. The maximum absolute atomic E-state index is 13.1. The van der Waals surface area contributed by atoms with E-state index in [9.17, 15) is 9.59 Å². The number of amides is 2. The van der Waals surface area contributed by atoms with Crippen LogP contribution in [0, 0.1) is 18.3 Å². The quantitative estimate of drug-likeness (QED) is 0.484. The summed E-state index contributed by atoms with van der Waals surface area (Å²) >= 11 is 6.05. The number of rotatable bonds is 9. The zero-order chi connectivity index (χ0) is 25.0. The van der Waals surface area contributed by atoms with Gasteiger partial charge in [0.2, 0.25) is 11.8 Å². The van der Waals surface area contributed by atoms with Gasteiger partial charge in [-0.3, -0.25) is 9.59 Å². The molecule has 1 N–H and O–H groups in total. The van der Waals surface area contributed by atoms with Crippen molar-refractivity contribution in [2.45, 2.75) is 67.2 Å². The van der Waals surface area contributed by atoms with E-state index in [4.69, 9.17) is 16.7 Å². The lowest BCUT2D eigenvalue weighted by Gasteiger charge is -2.30. The number of aryl methyl sites for hydroxylation is 1. The molecule has 0 radical (unpaired) electrons. The lowest BCUT2D eigenvalue weighted by atomic mass is 9.92. The molecule has 2 amide bonds. The average Bonchev–Trinajstić information content (AvgIpc) is 3.14. The van der Waals surface area contributed by atoms with Crippen molar-refractivity contribution in [3.63, 3.8) is 0 Å². The highest BCUT2D eigenvalue weighted by atomic mass is 35.5. The van der Waals surface area contributed by atoms with Gasteiger partial charge in [0.05, 0.1) is 23.3 Å². The van der Waals surface area contributed by atoms with Crippen LogP contribution in [0.1, 0.15) is 66.1 Å². The lowest BCUT2D eigenvalue weighted by Crippen LogP contribution is -2.46. The Balaban J connectivity index is 2.33. The molecule has 6 nitrogen and oxygen atoms in total. The second kappa shape index (κ2) is 10.7. The first-order valence-electron chi connectivity index (χ1n) is 11.6. The fourth-order valence-electron chi connectivity index (χ4n) is 3.30. The van der Waals surface area contributed by atoms with Crippen LogP contribution in [0.5, 0.6) is 0 Å². The van der Waals surface area contributed by atoms with Crippen LogP contribution < -0.4 is 5.32 Å². The number of nitrogens with zero attached hydrogens (tertiary/aromatic N) is 3. The van der Waals surface area contributed by atoms with Crippen molar-refractivity contribution >= 4 is 29.2 Å². The molecule has 0 saturated carbocycles. The van der Waals surface area contributed by atoms with E-state index in [1.807, 2.05) is 51.1 Å². The summed E-state index contributed by atoms with van der Waals surface area (Å²) in [6, 6.07) is 9.88. The van der Waals surface area contributed by atoms with E-state index < -0.39 is 5.41 Å². The van der Waals surface area contributed by atoms with Crippen LogP contribution in [0.25, 0.3) is 5.69 Å². The Hall–Kier alpha value is -2.34. The number of nitrogens with one attached hydrogen (secondary N) is 1. The topological polar surface area (TPSA) is 67.2 Å². The van der Waals surface area contributed by atoms with Crippen molar-refractivity contribution in [1.29, 1.82) is 0 Å². The van der Waals surface area contributed by atoms with E-state index in [-0.39, 0.29) is 29.7 Å². The van der Waals surface area contributed by atoms with Gasteiger partial charge in [-0.15, -0.1) is 11.6 Å². The predicted octanol–water partition coefficient (Wildman–Crippen LogP) is 5.56. The largest absolute Gasteiger partial charge is 0.333 e. The van der Waals surface area contributed by atoms with Gasteiger partial charge >= 0.3 is 0 Å². The minimum atomic E-state index is -0.735. The third kappa shape index (κ3) is 7.32. The fraction of sp³-hybridized carbons (Fsp3) is 0.577. The second-order valence-corrected chi connectivity index (χ2v) is 11.2. The molecule has 2 rings (SSSR count). The van der Waals surface area contributed by atoms with E-state index in [2.05, 4.69) is 39.9 Å². The minimum Gasteiger partial charge on any atom is -0.333 e. The lowest BCUT2D eigenvalue weighted by molar-refractivity contribution is -0.141. The summed E-state index contributed by atoms with van der Waals surface area (Å²) < 4.78 is 1.76. The zero-order valence-corrected chi connectivity index (χ0v) is 22.1. The molecule has 0 saturated heterocycles. The third-order valence-electron chi connectivity index (χ3n) is 5.50. The number of benzene rings is 1. The number of hydrogen-bond donors (Lipinski definition) is 1. The molecule has 7 heteroatoms. The predicted molar refractivity (Wildman–Crippen MR) is 136 cm³/mol. The summed E-state index contributed by atoms with van der Waals surface area (Å²) in [4.78, 5) is 27.8. The van der Waals surface area contributed by atoms with E-state index in [0.717, 1.165) is 23.4 Å². The molecule has 2 aromatic rings. The zero-order valence-electron chi connectivity index (χ0n) is 21.3. The Morgan fingerprint density at radius 2 is 1.82 bits per heavy atom. The van der Waals surface area contributed by atoms with Crippen molar-refractivity contribution in [2.75, 3.05) is 24.3 Å². The van der Waals surface area contributed by atoms with Crippen molar-refractivity contribution in [2.24, 2.45) is 11.3 Å². The number of carbonyl (C=O) groups excluding carboxylic acids is 2. The first kappa shape index (κ1) is 26.9. The van der Waals surface area contributed by atoms with Crippen LogP contribution >= 0.6 is 11.6 Å². The first-order chi connectivity index (χ1) is 15.2. The first-order valence-corrected chi connectivity index (χ1v) is 12.1. The molecule has 0 aliphatic rings. The third-order valence-corrected chi connectivity index (χ3v) is 6.17. The molecule has 182 valence electrons. The molecule has 0 fully saturated rings. The molecule has 0 aliphatic carbocycles. The van der Waals surface area contributed by atoms with Gasteiger partial charge in [-0.1, -0.05) is 46.8 Å². The Kier molecular flexibility index (Phi) is 8.75.